The van der Waals surface area contributed by atoms with E-state index in [9.17, 15) is 13.2 Å². The zero-order valence-corrected chi connectivity index (χ0v) is 19.7. The number of unbranched alkanes of at least 4 members (excludes halogenated alkanes) is 3. The van der Waals surface area contributed by atoms with Crippen molar-refractivity contribution in [1.82, 2.24) is 0 Å². The Balaban J connectivity index is 1.81. The third-order valence-electron chi connectivity index (χ3n) is 4.82. The maximum atomic E-state index is 11.7. The maximum Gasteiger partial charge on any atom is 0.333 e. The lowest BCUT2D eigenvalue weighted by atomic mass is 10.1. The Morgan fingerprint density at radius 3 is 2.34 bits per heavy atom. The summed E-state index contributed by atoms with van der Waals surface area (Å²) < 4.78 is 28.5. The van der Waals surface area contributed by atoms with Gasteiger partial charge in [-0.2, -0.15) is 5.11 Å². The van der Waals surface area contributed by atoms with Crippen molar-refractivity contribution in [3.05, 3.63) is 60.2 Å². The van der Waals surface area contributed by atoms with Crippen molar-refractivity contribution in [3.63, 3.8) is 0 Å². The molecule has 8 heteroatoms. The molecule has 0 amide bonds. The second-order valence-corrected chi connectivity index (χ2v) is 9.66. The van der Waals surface area contributed by atoms with Gasteiger partial charge in [0.25, 0.3) is 0 Å². The molecule has 0 spiro atoms. The summed E-state index contributed by atoms with van der Waals surface area (Å²) in [6, 6.07) is 12.6. The average Bonchev–Trinajstić information content (AvgIpc) is 2.76. The molecule has 0 fully saturated rings. The van der Waals surface area contributed by atoms with Crippen molar-refractivity contribution in [2.75, 3.05) is 25.2 Å². The van der Waals surface area contributed by atoms with Crippen molar-refractivity contribution >= 4 is 32.9 Å². The van der Waals surface area contributed by atoms with Crippen molar-refractivity contribution < 1.29 is 17.9 Å². The molecule has 0 aliphatic heterocycles. The number of carbonyl (C=O) groups excluding carboxylic acids is 1. The number of anilines is 1. The SMILES string of the molecule is C=C(C)C(=O)OCCCCCCc1ccc(N=Nc2ccc(S(C)(=O)=O)cc2NC)cc1. The molecule has 7 nitrogen and oxygen atoms in total. The van der Waals surface area contributed by atoms with Gasteiger partial charge >= 0.3 is 5.97 Å². The molecule has 0 atom stereocenters. The normalized spacial score (nSPS) is 11.5. The highest BCUT2D eigenvalue weighted by atomic mass is 32.2. The fourth-order valence-electron chi connectivity index (χ4n) is 2.95. The van der Waals surface area contributed by atoms with Crippen LogP contribution in [0, 0.1) is 0 Å². The van der Waals surface area contributed by atoms with Crippen LogP contribution < -0.4 is 5.32 Å². The maximum absolute atomic E-state index is 11.7. The Hall–Kier alpha value is -3.00. The van der Waals surface area contributed by atoms with Gasteiger partial charge < -0.3 is 10.1 Å². The number of carbonyl (C=O) groups is 1. The third-order valence-corrected chi connectivity index (χ3v) is 5.93. The van der Waals surface area contributed by atoms with Gasteiger partial charge in [-0.05, 0) is 62.1 Å². The molecule has 0 aliphatic carbocycles. The first-order valence-electron chi connectivity index (χ1n) is 10.6. The van der Waals surface area contributed by atoms with Crippen molar-refractivity contribution in [2.45, 2.75) is 43.9 Å². The van der Waals surface area contributed by atoms with E-state index in [4.69, 9.17) is 4.74 Å². The van der Waals surface area contributed by atoms with Gasteiger partial charge in [-0.15, -0.1) is 5.11 Å². The van der Waals surface area contributed by atoms with E-state index in [1.807, 2.05) is 24.3 Å². The van der Waals surface area contributed by atoms with Crippen molar-refractivity contribution in [1.29, 1.82) is 0 Å². The van der Waals surface area contributed by atoms with E-state index in [1.54, 1.807) is 26.1 Å². The van der Waals surface area contributed by atoms with Crippen LogP contribution in [0.3, 0.4) is 0 Å². The highest BCUT2D eigenvalue weighted by Gasteiger charge is 2.10. The summed E-state index contributed by atoms with van der Waals surface area (Å²) in [5.41, 5.74) is 3.55. The van der Waals surface area contributed by atoms with Crippen LogP contribution in [0.25, 0.3) is 0 Å². The molecule has 172 valence electrons. The summed E-state index contributed by atoms with van der Waals surface area (Å²) in [4.78, 5) is 11.5. The van der Waals surface area contributed by atoms with E-state index < -0.39 is 9.84 Å². The van der Waals surface area contributed by atoms with Crippen LogP contribution in [0.2, 0.25) is 0 Å². The van der Waals surface area contributed by atoms with Gasteiger partial charge in [0.1, 0.15) is 5.69 Å². The molecule has 0 unspecified atom stereocenters. The Morgan fingerprint density at radius 1 is 1.03 bits per heavy atom. The van der Waals surface area contributed by atoms with E-state index in [2.05, 4.69) is 22.1 Å². The minimum atomic E-state index is -3.28. The molecule has 0 saturated carbocycles. The van der Waals surface area contributed by atoms with E-state index in [0.29, 0.717) is 23.6 Å². The van der Waals surface area contributed by atoms with Gasteiger partial charge in [0.15, 0.2) is 9.84 Å². The monoisotopic (exact) mass is 457 g/mol. The van der Waals surface area contributed by atoms with E-state index in [1.165, 1.54) is 17.9 Å². The lowest BCUT2D eigenvalue weighted by molar-refractivity contribution is -0.139. The molecule has 0 bridgehead atoms. The van der Waals surface area contributed by atoms with Crippen LogP contribution in [0.5, 0.6) is 0 Å². The molecule has 0 aromatic heterocycles. The molecule has 0 saturated heterocycles. The number of azo groups is 1. The molecule has 1 N–H and O–H groups in total. The number of nitrogens with one attached hydrogen (secondary N) is 1. The van der Waals surface area contributed by atoms with Gasteiger partial charge in [-0.3, -0.25) is 0 Å². The Morgan fingerprint density at radius 2 is 1.72 bits per heavy atom. The van der Waals surface area contributed by atoms with Crippen LogP contribution in [-0.4, -0.2) is 34.3 Å². The molecule has 0 heterocycles. The largest absolute Gasteiger partial charge is 0.462 e. The zero-order valence-electron chi connectivity index (χ0n) is 18.9. The van der Waals surface area contributed by atoms with Crippen LogP contribution in [0.15, 0.2) is 69.7 Å². The number of ether oxygens (including phenoxy) is 1. The Bertz CT molecular complexity index is 1060. The summed E-state index contributed by atoms with van der Waals surface area (Å²) in [6.07, 6.45) is 6.15. The molecule has 0 radical (unpaired) electrons. The second kappa shape index (κ2) is 12.1. The Kier molecular flexibility index (Phi) is 9.59. The predicted molar refractivity (Wildman–Crippen MR) is 128 cm³/mol. The topological polar surface area (TPSA) is 97.2 Å². The van der Waals surface area contributed by atoms with Crippen LogP contribution in [-0.2, 0) is 25.8 Å². The lowest BCUT2D eigenvalue weighted by Gasteiger charge is -2.06. The number of hydrogen-bond acceptors (Lipinski definition) is 7. The van der Waals surface area contributed by atoms with Crippen molar-refractivity contribution in [2.24, 2.45) is 10.2 Å². The molecule has 2 aromatic carbocycles. The lowest BCUT2D eigenvalue weighted by Crippen LogP contribution is -2.06. The Labute approximate surface area is 190 Å². The minimum absolute atomic E-state index is 0.234. The summed E-state index contributed by atoms with van der Waals surface area (Å²) in [5, 5.41) is 11.5. The molecule has 32 heavy (non-hydrogen) atoms. The summed E-state index contributed by atoms with van der Waals surface area (Å²) in [7, 11) is -1.57. The number of nitrogens with zero attached hydrogens (tertiary/aromatic N) is 2. The van der Waals surface area contributed by atoms with E-state index in [-0.39, 0.29) is 10.9 Å². The second-order valence-electron chi connectivity index (χ2n) is 7.65. The highest BCUT2D eigenvalue weighted by molar-refractivity contribution is 7.90. The standard InChI is InChI=1S/C24H31N3O4S/c1-18(2)24(28)31-16-8-6-5-7-9-19-10-12-20(13-11-19)26-27-22-15-14-21(32(4,29)30)17-23(22)25-3/h10-15,17,25H,1,5-9,16H2,2-4H3. The van der Waals surface area contributed by atoms with Crippen molar-refractivity contribution in [3.8, 4) is 0 Å². The first-order valence-corrected chi connectivity index (χ1v) is 12.4. The highest BCUT2D eigenvalue weighted by Crippen LogP contribution is 2.29. The third kappa shape index (κ3) is 8.26. The quantitative estimate of drug-likeness (QED) is 0.189. The van der Waals surface area contributed by atoms with Gasteiger partial charge in [0.05, 0.1) is 22.9 Å². The first-order chi connectivity index (χ1) is 15.2. The smallest absolute Gasteiger partial charge is 0.333 e. The predicted octanol–water partition coefficient (Wildman–Crippen LogP) is 5.77. The number of hydrogen-bond donors (Lipinski definition) is 1. The summed E-state index contributed by atoms with van der Waals surface area (Å²) in [5.74, 6) is -0.324. The van der Waals surface area contributed by atoms with E-state index in [0.717, 1.165) is 37.8 Å². The van der Waals surface area contributed by atoms with Gasteiger partial charge in [0.2, 0.25) is 0 Å². The van der Waals surface area contributed by atoms with Crippen LogP contribution in [0.4, 0.5) is 17.1 Å². The van der Waals surface area contributed by atoms with Gasteiger partial charge in [-0.25, -0.2) is 13.2 Å². The molecular formula is C24H31N3O4S. The number of benzene rings is 2. The number of esters is 1. The first kappa shape index (κ1) is 25.3. The summed E-state index contributed by atoms with van der Waals surface area (Å²) in [6.45, 7) is 5.65. The van der Waals surface area contributed by atoms with Gasteiger partial charge in [0, 0.05) is 18.9 Å². The summed E-state index contributed by atoms with van der Waals surface area (Å²) >= 11 is 0. The number of aryl methyl sites for hydroxylation is 1. The van der Waals surface area contributed by atoms with Gasteiger partial charge in [-0.1, -0.05) is 31.6 Å². The fraction of sp³-hybridized carbons (Fsp3) is 0.375. The molecule has 2 aromatic rings. The number of sulfone groups is 1. The number of rotatable bonds is 12. The molecule has 0 aliphatic rings. The van der Waals surface area contributed by atoms with Crippen LogP contribution in [0.1, 0.15) is 38.2 Å². The van der Waals surface area contributed by atoms with Crippen LogP contribution >= 0.6 is 0 Å². The molecule has 2 rings (SSSR count). The minimum Gasteiger partial charge on any atom is -0.462 e. The molecular weight excluding hydrogens is 426 g/mol. The average molecular weight is 458 g/mol. The zero-order chi connectivity index (χ0) is 23.6. The fourth-order valence-corrected chi connectivity index (χ4v) is 3.59. The van der Waals surface area contributed by atoms with E-state index >= 15 is 0 Å².